The van der Waals surface area contributed by atoms with Crippen molar-refractivity contribution in [3.05, 3.63) is 65.7 Å². The van der Waals surface area contributed by atoms with Gasteiger partial charge in [-0.1, -0.05) is 42.5 Å². The van der Waals surface area contributed by atoms with E-state index >= 15 is 0 Å². The summed E-state index contributed by atoms with van der Waals surface area (Å²) >= 11 is 0. The van der Waals surface area contributed by atoms with Crippen molar-refractivity contribution in [2.75, 3.05) is 7.11 Å². The third kappa shape index (κ3) is 3.37. The van der Waals surface area contributed by atoms with Crippen LogP contribution in [0, 0.1) is 11.3 Å². The lowest BCUT2D eigenvalue weighted by Crippen LogP contribution is -2.23. The highest BCUT2D eigenvalue weighted by Gasteiger charge is 2.14. The first-order valence-corrected chi connectivity index (χ1v) is 6.59. The molecule has 3 nitrogen and oxygen atoms in total. The van der Waals surface area contributed by atoms with E-state index in [-0.39, 0.29) is 12.1 Å². The summed E-state index contributed by atoms with van der Waals surface area (Å²) in [5.41, 5.74) is 2.11. The molecule has 0 saturated heterocycles. The fourth-order valence-electron chi connectivity index (χ4n) is 2.09. The van der Waals surface area contributed by atoms with Crippen LogP contribution in [0.3, 0.4) is 0 Å². The van der Waals surface area contributed by atoms with Gasteiger partial charge in [-0.25, -0.2) is 0 Å². The quantitative estimate of drug-likeness (QED) is 0.899. The summed E-state index contributed by atoms with van der Waals surface area (Å²) in [5.74, 6) is 0.834. The summed E-state index contributed by atoms with van der Waals surface area (Å²) < 4.78 is 5.15. The third-order valence-electron chi connectivity index (χ3n) is 3.29. The van der Waals surface area contributed by atoms with Crippen LogP contribution < -0.4 is 10.1 Å². The largest absolute Gasteiger partial charge is 0.497 e. The SMILES string of the molecule is COc1ccc([C@H](C)N[C@H](C#N)c2ccccc2)cc1. The highest BCUT2D eigenvalue weighted by molar-refractivity contribution is 5.30. The first-order chi connectivity index (χ1) is 9.74. The van der Waals surface area contributed by atoms with Crippen LogP contribution in [0.15, 0.2) is 54.6 Å². The van der Waals surface area contributed by atoms with Gasteiger partial charge in [0.05, 0.1) is 13.2 Å². The van der Waals surface area contributed by atoms with Crippen LogP contribution in [0.2, 0.25) is 0 Å². The maximum atomic E-state index is 9.32. The Kier molecular flexibility index (Phi) is 4.75. The predicted octanol–water partition coefficient (Wildman–Crippen LogP) is 3.61. The Morgan fingerprint density at radius 1 is 1.00 bits per heavy atom. The van der Waals surface area contributed by atoms with Crippen molar-refractivity contribution in [3.8, 4) is 11.8 Å². The average Bonchev–Trinajstić information content (AvgIpc) is 2.53. The molecule has 20 heavy (non-hydrogen) atoms. The van der Waals surface area contributed by atoms with Crippen LogP contribution >= 0.6 is 0 Å². The molecule has 2 rings (SSSR count). The number of nitrogens with zero attached hydrogens (tertiary/aromatic N) is 1. The number of rotatable bonds is 5. The number of benzene rings is 2. The van der Waals surface area contributed by atoms with Crippen LogP contribution in [0.1, 0.15) is 30.1 Å². The Bertz CT molecular complexity index is 572. The van der Waals surface area contributed by atoms with Gasteiger partial charge in [-0.05, 0) is 30.2 Å². The van der Waals surface area contributed by atoms with Gasteiger partial charge < -0.3 is 4.74 Å². The number of ether oxygens (including phenoxy) is 1. The highest BCUT2D eigenvalue weighted by Crippen LogP contribution is 2.21. The Morgan fingerprint density at radius 3 is 2.20 bits per heavy atom. The van der Waals surface area contributed by atoms with Crippen molar-refractivity contribution in [1.82, 2.24) is 5.32 Å². The molecule has 2 aromatic rings. The zero-order chi connectivity index (χ0) is 14.4. The van der Waals surface area contributed by atoms with E-state index in [2.05, 4.69) is 18.3 Å². The summed E-state index contributed by atoms with van der Waals surface area (Å²) in [6, 6.07) is 19.7. The van der Waals surface area contributed by atoms with Crippen molar-refractivity contribution >= 4 is 0 Å². The van der Waals surface area contributed by atoms with Gasteiger partial charge in [-0.15, -0.1) is 0 Å². The lowest BCUT2D eigenvalue weighted by atomic mass is 10.0. The van der Waals surface area contributed by atoms with Gasteiger partial charge in [-0.2, -0.15) is 5.26 Å². The number of nitrogens with one attached hydrogen (secondary N) is 1. The second-order valence-electron chi connectivity index (χ2n) is 4.63. The van der Waals surface area contributed by atoms with E-state index in [1.807, 2.05) is 54.6 Å². The number of methoxy groups -OCH3 is 1. The van der Waals surface area contributed by atoms with Crippen molar-refractivity contribution in [2.24, 2.45) is 0 Å². The molecule has 0 spiro atoms. The lowest BCUT2D eigenvalue weighted by Gasteiger charge is -2.19. The van der Waals surface area contributed by atoms with Crippen molar-refractivity contribution in [3.63, 3.8) is 0 Å². The molecule has 0 saturated carbocycles. The second-order valence-corrected chi connectivity index (χ2v) is 4.63. The van der Waals surface area contributed by atoms with Crippen molar-refractivity contribution in [1.29, 1.82) is 5.26 Å². The fourth-order valence-corrected chi connectivity index (χ4v) is 2.09. The number of nitriles is 1. The average molecular weight is 266 g/mol. The molecule has 1 N–H and O–H groups in total. The monoisotopic (exact) mass is 266 g/mol. The van der Waals surface area contributed by atoms with E-state index in [0.29, 0.717) is 0 Å². The minimum Gasteiger partial charge on any atom is -0.497 e. The lowest BCUT2D eigenvalue weighted by molar-refractivity contribution is 0.414. The van der Waals surface area contributed by atoms with E-state index in [1.165, 1.54) is 0 Å². The second kappa shape index (κ2) is 6.74. The van der Waals surface area contributed by atoms with E-state index < -0.39 is 0 Å². The van der Waals surface area contributed by atoms with E-state index in [9.17, 15) is 5.26 Å². The smallest absolute Gasteiger partial charge is 0.121 e. The normalized spacial score (nSPS) is 13.2. The van der Waals surface area contributed by atoms with Crippen LogP contribution in [0.25, 0.3) is 0 Å². The molecule has 0 aliphatic rings. The third-order valence-corrected chi connectivity index (χ3v) is 3.29. The van der Waals surface area contributed by atoms with Gasteiger partial charge in [0, 0.05) is 6.04 Å². The van der Waals surface area contributed by atoms with Crippen molar-refractivity contribution in [2.45, 2.75) is 19.0 Å². The number of hydrogen-bond donors (Lipinski definition) is 1. The van der Waals surface area contributed by atoms with Crippen molar-refractivity contribution < 1.29 is 4.74 Å². The zero-order valence-electron chi connectivity index (χ0n) is 11.7. The summed E-state index contributed by atoms with van der Waals surface area (Å²) in [6.45, 7) is 2.05. The first kappa shape index (κ1) is 14.1. The van der Waals surface area contributed by atoms with Gasteiger partial charge >= 0.3 is 0 Å². The van der Waals surface area contributed by atoms with E-state index in [1.54, 1.807) is 7.11 Å². The Labute approximate surface area is 119 Å². The van der Waals surface area contributed by atoms with Gasteiger partial charge in [0.25, 0.3) is 0 Å². The van der Waals surface area contributed by atoms with Gasteiger partial charge in [0.15, 0.2) is 0 Å². The maximum Gasteiger partial charge on any atom is 0.121 e. The fraction of sp³-hybridized carbons (Fsp3) is 0.235. The molecule has 0 bridgehead atoms. The zero-order valence-corrected chi connectivity index (χ0v) is 11.7. The molecule has 3 heteroatoms. The molecule has 0 fully saturated rings. The van der Waals surface area contributed by atoms with E-state index in [0.717, 1.165) is 16.9 Å². The standard InChI is InChI=1S/C17H18N2O/c1-13(14-8-10-16(20-2)11-9-14)19-17(12-18)15-6-4-3-5-7-15/h3-11,13,17,19H,1-2H3/t13-,17+/m0/s1. The van der Waals surface area contributed by atoms with Crippen LogP contribution in [-0.4, -0.2) is 7.11 Å². The number of hydrogen-bond acceptors (Lipinski definition) is 3. The first-order valence-electron chi connectivity index (χ1n) is 6.59. The molecule has 0 amide bonds. The minimum atomic E-state index is -0.312. The Morgan fingerprint density at radius 2 is 1.65 bits per heavy atom. The summed E-state index contributed by atoms with van der Waals surface area (Å²) in [7, 11) is 1.65. The molecule has 0 unspecified atom stereocenters. The molecule has 0 aliphatic heterocycles. The molecule has 0 aliphatic carbocycles. The summed E-state index contributed by atoms with van der Waals surface area (Å²) in [6.07, 6.45) is 0. The molecule has 2 aromatic carbocycles. The van der Waals surface area contributed by atoms with Gasteiger partial charge in [0.2, 0.25) is 0 Å². The predicted molar refractivity (Wildman–Crippen MR) is 79.3 cm³/mol. The highest BCUT2D eigenvalue weighted by atomic mass is 16.5. The molecule has 0 aromatic heterocycles. The van der Waals surface area contributed by atoms with Crippen LogP contribution in [0.5, 0.6) is 5.75 Å². The van der Waals surface area contributed by atoms with Crippen LogP contribution in [0.4, 0.5) is 0 Å². The summed E-state index contributed by atoms with van der Waals surface area (Å²) in [4.78, 5) is 0. The topological polar surface area (TPSA) is 45.0 Å². The minimum absolute atomic E-state index is 0.0887. The molecular weight excluding hydrogens is 248 g/mol. The molecule has 0 heterocycles. The molecule has 2 atom stereocenters. The molecule has 0 radical (unpaired) electrons. The van der Waals surface area contributed by atoms with Crippen LogP contribution in [-0.2, 0) is 0 Å². The Balaban J connectivity index is 2.09. The molecule has 102 valence electrons. The maximum absolute atomic E-state index is 9.32. The van der Waals surface area contributed by atoms with Gasteiger partial charge in [-0.3, -0.25) is 5.32 Å². The van der Waals surface area contributed by atoms with E-state index in [4.69, 9.17) is 4.74 Å². The molecular formula is C17H18N2O. The Hall–Kier alpha value is -2.31. The summed E-state index contributed by atoms with van der Waals surface area (Å²) in [5, 5.41) is 12.7. The van der Waals surface area contributed by atoms with Gasteiger partial charge in [0.1, 0.15) is 11.8 Å².